The molecule has 1 aromatic carbocycles. The number of aryl methyl sites for hydroxylation is 1. The van der Waals surface area contributed by atoms with Crippen LogP contribution < -0.4 is 10.6 Å². The van der Waals surface area contributed by atoms with Gasteiger partial charge in [0.2, 0.25) is 0 Å². The summed E-state index contributed by atoms with van der Waals surface area (Å²) in [6, 6.07) is 6.14. The number of benzene rings is 1. The fraction of sp³-hybridized carbons (Fsp3) is 0.588. The molecule has 2 N–H and O–H groups in total. The van der Waals surface area contributed by atoms with Crippen molar-refractivity contribution < 1.29 is 4.79 Å². The summed E-state index contributed by atoms with van der Waals surface area (Å²) < 4.78 is 0. The maximum Gasteiger partial charge on any atom is 0.251 e. The van der Waals surface area contributed by atoms with Gasteiger partial charge in [-0.05, 0) is 61.8 Å². The predicted molar refractivity (Wildman–Crippen MR) is 84.2 cm³/mol. The molecule has 3 heteroatoms. The number of amides is 1. The van der Waals surface area contributed by atoms with Crippen LogP contribution in [0.4, 0.5) is 5.69 Å². The largest absolute Gasteiger partial charge is 0.388 e. The first-order valence-electron chi connectivity index (χ1n) is 7.60. The van der Waals surface area contributed by atoms with Crippen LogP contribution in [0.25, 0.3) is 0 Å². The lowest BCUT2D eigenvalue weighted by Gasteiger charge is -2.33. The van der Waals surface area contributed by atoms with E-state index in [0.29, 0.717) is 12.0 Å². The highest BCUT2D eigenvalue weighted by Gasteiger charge is 2.26. The van der Waals surface area contributed by atoms with Gasteiger partial charge in [0, 0.05) is 24.3 Å². The molecule has 1 aliphatic carbocycles. The van der Waals surface area contributed by atoms with Crippen molar-refractivity contribution >= 4 is 11.6 Å². The maximum atomic E-state index is 12.4. The smallest absolute Gasteiger partial charge is 0.251 e. The molecule has 1 aliphatic rings. The first-order valence-corrected chi connectivity index (χ1v) is 7.60. The molecule has 1 fully saturated rings. The van der Waals surface area contributed by atoms with Gasteiger partial charge < -0.3 is 10.6 Å². The lowest BCUT2D eigenvalue weighted by Crippen LogP contribution is -2.42. The highest BCUT2D eigenvalue weighted by atomic mass is 16.1. The summed E-state index contributed by atoms with van der Waals surface area (Å²) in [6.07, 6.45) is 3.53. The first-order chi connectivity index (χ1) is 9.51. The molecular weight excluding hydrogens is 248 g/mol. The van der Waals surface area contributed by atoms with E-state index in [2.05, 4.69) is 24.5 Å². The van der Waals surface area contributed by atoms with E-state index in [-0.39, 0.29) is 5.91 Å². The molecule has 0 aromatic heterocycles. The van der Waals surface area contributed by atoms with E-state index in [1.54, 1.807) is 0 Å². The Kier molecular flexibility index (Phi) is 4.69. The topological polar surface area (TPSA) is 41.1 Å². The Hall–Kier alpha value is -1.51. The van der Waals surface area contributed by atoms with Crippen LogP contribution in [0.3, 0.4) is 0 Å². The summed E-state index contributed by atoms with van der Waals surface area (Å²) in [5, 5.41) is 6.33. The van der Waals surface area contributed by atoms with Crippen LogP contribution in [-0.4, -0.2) is 19.0 Å². The summed E-state index contributed by atoms with van der Waals surface area (Å²) >= 11 is 0. The number of carbonyl (C=O) groups is 1. The molecule has 2 rings (SSSR count). The van der Waals surface area contributed by atoms with Gasteiger partial charge in [-0.2, -0.15) is 0 Å². The molecule has 1 amide bonds. The number of hydrogen-bond donors (Lipinski definition) is 2. The minimum atomic E-state index is 0.0576. The van der Waals surface area contributed by atoms with Gasteiger partial charge >= 0.3 is 0 Å². The Morgan fingerprint density at radius 1 is 1.25 bits per heavy atom. The quantitative estimate of drug-likeness (QED) is 0.884. The van der Waals surface area contributed by atoms with Crippen molar-refractivity contribution in [2.75, 3.05) is 12.4 Å². The number of rotatable bonds is 3. The van der Waals surface area contributed by atoms with E-state index in [1.165, 1.54) is 12.8 Å². The fourth-order valence-corrected chi connectivity index (χ4v) is 3.22. The average Bonchev–Trinajstić information content (AvgIpc) is 2.41. The second-order valence-corrected chi connectivity index (χ2v) is 6.26. The SMILES string of the molecule is CNc1ccc(C(=O)NC2CCC(C)CC2C)cc1C. The van der Waals surface area contributed by atoms with Crippen LogP contribution in [0, 0.1) is 18.8 Å². The monoisotopic (exact) mass is 274 g/mol. The van der Waals surface area contributed by atoms with Crippen LogP contribution in [0.15, 0.2) is 18.2 Å². The van der Waals surface area contributed by atoms with Crippen molar-refractivity contribution in [3.05, 3.63) is 29.3 Å². The van der Waals surface area contributed by atoms with Crippen LogP contribution in [-0.2, 0) is 0 Å². The molecule has 1 saturated carbocycles. The predicted octanol–water partition coefficient (Wildman–Crippen LogP) is 3.59. The highest BCUT2D eigenvalue weighted by Crippen LogP contribution is 2.28. The first kappa shape index (κ1) is 14.9. The third-order valence-electron chi connectivity index (χ3n) is 4.51. The molecule has 1 aromatic rings. The van der Waals surface area contributed by atoms with Crippen LogP contribution in [0.5, 0.6) is 0 Å². The van der Waals surface area contributed by atoms with E-state index in [4.69, 9.17) is 0 Å². The Bertz CT molecular complexity index is 484. The van der Waals surface area contributed by atoms with E-state index >= 15 is 0 Å². The molecule has 0 bridgehead atoms. The summed E-state index contributed by atoms with van der Waals surface area (Å²) in [6.45, 7) is 6.57. The molecule has 0 heterocycles. The zero-order valence-electron chi connectivity index (χ0n) is 13.0. The molecule has 3 atom stereocenters. The van der Waals surface area contributed by atoms with Gasteiger partial charge in [0.25, 0.3) is 5.91 Å². The zero-order chi connectivity index (χ0) is 14.7. The van der Waals surface area contributed by atoms with Gasteiger partial charge in [-0.15, -0.1) is 0 Å². The fourth-order valence-electron chi connectivity index (χ4n) is 3.22. The van der Waals surface area contributed by atoms with Crippen molar-refractivity contribution in [1.82, 2.24) is 5.32 Å². The summed E-state index contributed by atoms with van der Waals surface area (Å²) in [4.78, 5) is 12.4. The molecule has 20 heavy (non-hydrogen) atoms. The molecule has 0 saturated heterocycles. The van der Waals surface area contributed by atoms with Gasteiger partial charge in [0.1, 0.15) is 0 Å². The zero-order valence-corrected chi connectivity index (χ0v) is 13.0. The van der Waals surface area contributed by atoms with Crippen molar-refractivity contribution in [2.45, 2.75) is 46.1 Å². The van der Waals surface area contributed by atoms with Gasteiger partial charge in [-0.25, -0.2) is 0 Å². The van der Waals surface area contributed by atoms with Gasteiger partial charge in [0.15, 0.2) is 0 Å². The Morgan fingerprint density at radius 3 is 2.60 bits per heavy atom. The van der Waals surface area contributed by atoms with Gasteiger partial charge in [-0.1, -0.05) is 13.8 Å². The van der Waals surface area contributed by atoms with Gasteiger partial charge in [0.05, 0.1) is 0 Å². The second-order valence-electron chi connectivity index (χ2n) is 6.26. The minimum Gasteiger partial charge on any atom is -0.388 e. The summed E-state index contributed by atoms with van der Waals surface area (Å²) in [5.74, 6) is 1.41. The third-order valence-corrected chi connectivity index (χ3v) is 4.51. The second kappa shape index (κ2) is 6.29. The molecule has 110 valence electrons. The van der Waals surface area contributed by atoms with Crippen LogP contribution >= 0.6 is 0 Å². The van der Waals surface area contributed by atoms with Crippen LogP contribution in [0.2, 0.25) is 0 Å². The normalized spacial score (nSPS) is 26.1. The molecule has 0 radical (unpaired) electrons. The van der Waals surface area contributed by atoms with E-state index < -0.39 is 0 Å². The molecule has 0 spiro atoms. The van der Waals surface area contributed by atoms with Crippen LogP contribution in [0.1, 0.15) is 49.0 Å². The van der Waals surface area contributed by atoms with E-state index in [9.17, 15) is 4.79 Å². The minimum absolute atomic E-state index is 0.0576. The average molecular weight is 274 g/mol. The maximum absolute atomic E-state index is 12.4. The number of nitrogens with one attached hydrogen (secondary N) is 2. The number of carbonyl (C=O) groups excluding carboxylic acids is 1. The Labute approximate surface area is 122 Å². The third kappa shape index (κ3) is 3.33. The molecular formula is C17H26N2O. The van der Waals surface area contributed by atoms with E-state index in [1.807, 2.05) is 32.2 Å². The van der Waals surface area contributed by atoms with Crippen molar-refractivity contribution in [2.24, 2.45) is 11.8 Å². The highest BCUT2D eigenvalue weighted by molar-refractivity contribution is 5.95. The lowest BCUT2D eigenvalue weighted by molar-refractivity contribution is 0.0899. The molecule has 0 aliphatic heterocycles. The summed E-state index contributed by atoms with van der Waals surface area (Å²) in [5.41, 5.74) is 2.93. The van der Waals surface area contributed by atoms with Crippen molar-refractivity contribution in [1.29, 1.82) is 0 Å². The number of anilines is 1. The molecule has 3 nitrogen and oxygen atoms in total. The number of hydrogen-bond acceptors (Lipinski definition) is 2. The van der Waals surface area contributed by atoms with Gasteiger partial charge in [-0.3, -0.25) is 4.79 Å². The van der Waals surface area contributed by atoms with Crippen molar-refractivity contribution in [3.8, 4) is 0 Å². The standard InChI is InChI=1S/C17H26N2O/c1-11-5-7-16(12(2)9-11)19-17(20)14-6-8-15(18-4)13(3)10-14/h6,8,10-12,16,18H,5,7,9H2,1-4H3,(H,19,20). The Balaban J connectivity index is 2.03. The lowest BCUT2D eigenvalue weighted by atomic mass is 9.80. The summed E-state index contributed by atoms with van der Waals surface area (Å²) in [7, 11) is 1.90. The Morgan fingerprint density at radius 2 is 2.00 bits per heavy atom. The molecule has 3 unspecified atom stereocenters. The van der Waals surface area contributed by atoms with Crippen molar-refractivity contribution in [3.63, 3.8) is 0 Å². The van der Waals surface area contributed by atoms with E-state index in [0.717, 1.165) is 29.2 Å².